The summed E-state index contributed by atoms with van der Waals surface area (Å²) in [7, 11) is 1.49. The summed E-state index contributed by atoms with van der Waals surface area (Å²) in [5.74, 6) is 4.25. The molecule has 1 aliphatic rings. The monoisotopic (exact) mass is 568 g/mol. The molecule has 5 rings (SSSR count). The van der Waals surface area contributed by atoms with E-state index in [4.69, 9.17) is 0 Å². The number of piperidine rings is 1. The molecule has 0 bridgehead atoms. The Hall–Kier alpha value is -4.67. The van der Waals surface area contributed by atoms with Crippen LogP contribution in [0.15, 0.2) is 33.9 Å². The second kappa shape index (κ2) is 10.7. The first-order valence-electron chi connectivity index (χ1n) is 12.9. The number of imidazole rings is 1. The standard InChI is InChI=1S/C27H27F3N8O3/c1-4-5-13-37-21-22(34-25(37)36-12-8-9-17(14-36)32-24(40)27(28,29)30)35(3)26(41)38(23(21)39)15-20-31-16(2)18-10-6-7-11-19(18)33-20/h6-7,10-11,17H,8-9,12-15H2,1-3H3,(H,32,40). The third-order valence-electron chi connectivity index (χ3n) is 7.06. The highest BCUT2D eigenvalue weighted by atomic mass is 19.4. The maximum atomic E-state index is 13.8. The number of nitrogens with one attached hydrogen (secondary N) is 1. The van der Waals surface area contributed by atoms with E-state index in [-0.39, 0.29) is 36.7 Å². The van der Waals surface area contributed by atoms with Crippen LogP contribution in [0.5, 0.6) is 0 Å². The zero-order chi connectivity index (χ0) is 29.5. The molecule has 0 aliphatic carbocycles. The fourth-order valence-corrected chi connectivity index (χ4v) is 5.10. The minimum Gasteiger partial charge on any atom is -0.344 e. The van der Waals surface area contributed by atoms with E-state index in [2.05, 4.69) is 26.8 Å². The van der Waals surface area contributed by atoms with Crippen LogP contribution in [-0.4, -0.2) is 59.9 Å². The number of hydrogen-bond acceptors (Lipinski definition) is 7. The third kappa shape index (κ3) is 5.27. The van der Waals surface area contributed by atoms with Gasteiger partial charge in [-0.1, -0.05) is 24.1 Å². The first-order chi connectivity index (χ1) is 19.5. The summed E-state index contributed by atoms with van der Waals surface area (Å²) in [4.78, 5) is 54.1. The average molecular weight is 569 g/mol. The minimum atomic E-state index is -5.00. The van der Waals surface area contributed by atoms with Gasteiger partial charge in [0, 0.05) is 37.3 Å². The third-order valence-corrected chi connectivity index (χ3v) is 7.06. The Morgan fingerprint density at radius 3 is 2.63 bits per heavy atom. The summed E-state index contributed by atoms with van der Waals surface area (Å²) < 4.78 is 42.4. The van der Waals surface area contributed by atoms with Gasteiger partial charge in [0.1, 0.15) is 5.82 Å². The van der Waals surface area contributed by atoms with Gasteiger partial charge >= 0.3 is 17.8 Å². The van der Waals surface area contributed by atoms with Crippen LogP contribution in [0.2, 0.25) is 0 Å². The van der Waals surface area contributed by atoms with Crippen molar-refractivity contribution in [2.75, 3.05) is 18.0 Å². The Bertz CT molecular complexity index is 1840. The van der Waals surface area contributed by atoms with Gasteiger partial charge in [-0.15, -0.1) is 5.92 Å². The van der Waals surface area contributed by atoms with Gasteiger partial charge in [-0.2, -0.15) is 18.2 Å². The van der Waals surface area contributed by atoms with E-state index in [1.807, 2.05) is 36.5 Å². The molecule has 4 heterocycles. The van der Waals surface area contributed by atoms with E-state index in [0.717, 1.165) is 9.95 Å². The molecule has 1 fully saturated rings. The van der Waals surface area contributed by atoms with E-state index >= 15 is 0 Å². The molecule has 3 aromatic heterocycles. The number of alkyl halides is 3. The summed E-state index contributed by atoms with van der Waals surface area (Å²) in [6.45, 7) is 3.80. The molecule has 41 heavy (non-hydrogen) atoms. The maximum absolute atomic E-state index is 13.8. The van der Waals surface area contributed by atoms with Crippen LogP contribution in [0.3, 0.4) is 0 Å². The maximum Gasteiger partial charge on any atom is 0.471 e. The van der Waals surface area contributed by atoms with Crippen LogP contribution in [0.25, 0.3) is 22.1 Å². The van der Waals surface area contributed by atoms with Crippen molar-refractivity contribution in [2.24, 2.45) is 7.05 Å². The molecule has 0 spiro atoms. The van der Waals surface area contributed by atoms with Gasteiger partial charge in [-0.05, 0) is 32.8 Å². The van der Waals surface area contributed by atoms with Crippen molar-refractivity contribution in [3.05, 3.63) is 56.6 Å². The summed E-state index contributed by atoms with van der Waals surface area (Å²) in [6, 6.07) is 6.65. The Labute approximate surface area is 231 Å². The highest BCUT2D eigenvalue weighted by Gasteiger charge is 2.40. The predicted octanol–water partition coefficient (Wildman–Crippen LogP) is 1.87. The number of aryl methyl sites for hydroxylation is 2. The van der Waals surface area contributed by atoms with Gasteiger partial charge in [0.25, 0.3) is 5.56 Å². The summed E-state index contributed by atoms with van der Waals surface area (Å²) >= 11 is 0. The van der Waals surface area contributed by atoms with Crippen LogP contribution < -0.4 is 21.5 Å². The topological polar surface area (TPSA) is 120 Å². The normalized spacial score (nSPS) is 15.7. The van der Waals surface area contributed by atoms with Gasteiger partial charge in [-0.25, -0.2) is 14.8 Å². The Kier molecular flexibility index (Phi) is 7.29. The fraction of sp³-hybridized carbons (Fsp3) is 0.407. The van der Waals surface area contributed by atoms with Crippen molar-refractivity contribution >= 4 is 33.9 Å². The van der Waals surface area contributed by atoms with Crippen molar-refractivity contribution in [3.63, 3.8) is 0 Å². The van der Waals surface area contributed by atoms with Crippen LogP contribution in [0.4, 0.5) is 19.1 Å². The van der Waals surface area contributed by atoms with E-state index in [9.17, 15) is 27.6 Å². The molecule has 4 aromatic rings. The lowest BCUT2D eigenvalue weighted by Gasteiger charge is -2.34. The number of carbonyl (C=O) groups excluding carboxylic acids is 1. The smallest absolute Gasteiger partial charge is 0.344 e. The number of nitrogens with zero attached hydrogens (tertiary/aromatic N) is 7. The number of benzene rings is 1. The van der Waals surface area contributed by atoms with Gasteiger partial charge in [-0.3, -0.25) is 23.3 Å². The van der Waals surface area contributed by atoms with Gasteiger partial charge in [0.2, 0.25) is 5.95 Å². The molecule has 1 unspecified atom stereocenters. The van der Waals surface area contributed by atoms with Crippen molar-refractivity contribution in [1.29, 1.82) is 0 Å². The van der Waals surface area contributed by atoms with E-state index in [1.54, 1.807) is 16.4 Å². The number of carbonyl (C=O) groups is 1. The quantitative estimate of drug-likeness (QED) is 0.365. The SMILES string of the molecule is CC#CCn1c(N2CCCC(NC(=O)C(F)(F)F)C2)nc2c1c(=O)n(Cc1nc(C)c3ccccc3n1)c(=O)n2C. The molecular formula is C27H27F3N8O3. The lowest BCUT2D eigenvalue weighted by molar-refractivity contribution is -0.174. The number of rotatable bonds is 5. The second-order valence-corrected chi connectivity index (χ2v) is 9.83. The molecule has 214 valence electrons. The number of para-hydroxylation sites is 1. The van der Waals surface area contributed by atoms with Crippen molar-refractivity contribution in [1.82, 2.24) is 34.0 Å². The summed E-state index contributed by atoms with van der Waals surface area (Å²) in [6.07, 6.45) is -4.17. The van der Waals surface area contributed by atoms with Crippen LogP contribution in [-0.2, 0) is 24.9 Å². The number of amides is 1. The highest BCUT2D eigenvalue weighted by molar-refractivity contribution is 5.82. The average Bonchev–Trinajstić information content (AvgIpc) is 3.32. The predicted molar refractivity (Wildman–Crippen MR) is 145 cm³/mol. The number of halogens is 3. The largest absolute Gasteiger partial charge is 0.471 e. The van der Waals surface area contributed by atoms with E-state index in [0.29, 0.717) is 36.4 Å². The Morgan fingerprint density at radius 1 is 1.15 bits per heavy atom. The van der Waals surface area contributed by atoms with Gasteiger partial charge in [0.15, 0.2) is 11.2 Å². The van der Waals surface area contributed by atoms with Crippen LogP contribution in [0, 0.1) is 18.8 Å². The van der Waals surface area contributed by atoms with Crippen molar-refractivity contribution in [2.45, 2.75) is 52.0 Å². The number of aromatic nitrogens is 6. The molecule has 1 aliphatic heterocycles. The molecule has 1 amide bonds. The zero-order valence-corrected chi connectivity index (χ0v) is 22.6. The van der Waals surface area contributed by atoms with Crippen LogP contribution >= 0.6 is 0 Å². The summed E-state index contributed by atoms with van der Waals surface area (Å²) in [5, 5.41) is 2.90. The second-order valence-electron chi connectivity index (χ2n) is 9.83. The number of hydrogen-bond donors (Lipinski definition) is 1. The molecule has 11 nitrogen and oxygen atoms in total. The van der Waals surface area contributed by atoms with E-state index in [1.165, 1.54) is 11.6 Å². The fourth-order valence-electron chi connectivity index (χ4n) is 5.10. The lowest BCUT2D eigenvalue weighted by atomic mass is 10.1. The molecule has 1 N–H and O–H groups in total. The highest BCUT2D eigenvalue weighted by Crippen LogP contribution is 2.24. The lowest BCUT2D eigenvalue weighted by Crippen LogP contribution is -2.51. The molecular weight excluding hydrogens is 541 g/mol. The number of anilines is 1. The van der Waals surface area contributed by atoms with Crippen LogP contribution in [0.1, 0.15) is 31.3 Å². The van der Waals surface area contributed by atoms with Crippen molar-refractivity contribution < 1.29 is 18.0 Å². The zero-order valence-electron chi connectivity index (χ0n) is 22.6. The Balaban J connectivity index is 1.59. The first kappa shape index (κ1) is 27.9. The van der Waals surface area contributed by atoms with Crippen molar-refractivity contribution in [3.8, 4) is 11.8 Å². The van der Waals surface area contributed by atoms with Gasteiger partial charge < -0.3 is 10.2 Å². The minimum absolute atomic E-state index is 0.0387. The Morgan fingerprint density at radius 2 is 1.90 bits per heavy atom. The van der Waals surface area contributed by atoms with E-state index < -0.39 is 29.4 Å². The van der Waals surface area contributed by atoms with Gasteiger partial charge in [0.05, 0.1) is 18.6 Å². The summed E-state index contributed by atoms with van der Waals surface area (Å²) in [5.41, 5.74) is 0.380. The molecule has 1 atom stereocenters. The molecule has 14 heteroatoms. The molecule has 1 aromatic carbocycles. The molecule has 0 radical (unpaired) electrons. The number of fused-ring (bicyclic) bond motifs is 2. The molecule has 0 saturated carbocycles. The molecule has 1 saturated heterocycles. The first-order valence-corrected chi connectivity index (χ1v) is 12.9.